The van der Waals surface area contributed by atoms with Gasteiger partial charge in [-0.05, 0) is 105 Å². The lowest BCUT2D eigenvalue weighted by atomic mass is 9.41. The van der Waals surface area contributed by atoms with Crippen LogP contribution in [0, 0.1) is 50.7 Å². The quantitative estimate of drug-likeness (QED) is 0.250. The lowest BCUT2D eigenvalue weighted by Gasteiger charge is -2.63. The molecule has 0 unspecified atom stereocenters. The molecule has 3 heterocycles. The second-order valence-corrected chi connectivity index (χ2v) is 18.7. The van der Waals surface area contributed by atoms with Crippen LogP contribution < -0.4 is 0 Å². The van der Waals surface area contributed by atoms with Crippen LogP contribution >= 0.6 is 0 Å². The zero-order valence-electron chi connectivity index (χ0n) is 28.7. The molecule has 8 rings (SSSR count). The van der Waals surface area contributed by atoms with Gasteiger partial charge in [0.25, 0.3) is 0 Å². The van der Waals surface area contributed by atoms with Crippen molar-refractivity contribution in [1.82, 2.24) is 0 Å². The Morgan fingerprint density at radius 2 is 1.52 bits per heavy atom. The van der Waals surface area contributed by atoms with Crippen molar-refractivity contribution in [2.75, 3.05) is 6.61 Å². The lowest BCUT2D eigenvalue weighted by molar-refractivity contribution is -0.326. The first-order valence-corrected chi connectivity index (χ1v) is 18.1. The van der Waals surface area contributed by atoms with Crippen LogP contribution in [0.1, 0.15) is 99.8 Å². The molecule has 5 saturated carbocycles. The van der Waals surface area contributed by atoms with Crippen molar-refractivity contribution in [3.63, 3.8) is 0 Å². The zero-order valence-corrected chi connectivity index (χ0v) is 28.7. The van der Waals surface area contributed by atoms with E-state index in [2.05, 4.69) is 34.6 Å². The van der Waals surface area contributed by atoms with E-state index in [1.807, 2.05) is 0 Å². The van der Waals surface area contributed by atoms with Crippen LogP contribution in [0.3, 0.4) is 0 Å². The maximum absolute atomic E-state index is 12.7. The van der Waals surface area contributed by atoms with Crippen LogP contribution in [-0.2, 0) is 18.9 Å². The van der Waals surface area contributed by atoms with Crippen LogP contribution in [-0.4, -0.2) is 104 Å². The van der Waals surface area contributed by atoms with Crippen LogP contribution in [0.2, 0.25) is 0 Å². The summed E-state index contributed by atoms with van der Waals surface area (Å²) in [7, 11) is 0. The number of hydrogen-bond acceptors (Lipinski definition) is 10. The summed E-state index contributed by atoms with van der Waals surface area (Å²) in [5.41, 5.74) is -1.62. The molecule has 3 spiro atoms. The lowest BCUT2D eigenvalue weighted by Crippen LogP contribution is -2.62. The largest absolute Gasteiger partial charge is 0.394 e. The third kappa shape index (κ3) is 3.63. The molecular formula is C36H58O10. The van der Waals surface area contributed by atoms with E-state index in [-0.39, 0.29) is 39.8 Å². The molecule has 0 aromatic carbocycles. The normalized spacial score (nSPS) is 61.6. The molecule has 8 aliphatic rings. The van der Waals surface area contributed by atoms with Gasteiger partial charge in [0, 0.05) is 11.3 Å². The topological polar surface area (TPSA) is 158 Å². The third-order valence-electron chi connectivity index (χ3n) is 16.3. The smallest absolute Gasteiger partial charge is 0.199 e. The van der Waals surface area contributed by atoms with Crippen LogP contribution in [0.15, 0.2) is 0 Å². The maximum Gasteiger partial charge on any atom is 0.199 e. The molecule has 10 heteroatoms. The molecule has 6 N–H and O–H groups in total. The first-order valence-electron chi connectivity index (χ1n) is 18.1. The Balaban J connectivity index is 1.09. The molecule has 10 nitrogen and oxygen atoms in total. The number of ether oxygens (including phenoxy) is 4. The zero-order chi connectivity index (χ0) is 33.2. The second kappa shape index (κ2) is 9.68. The minimum Gasteiger partial charge on any atom is -0.394 e. The van der Waals surface area contributed by atoms with Gasteiger partial charge in [0.1, 0.15) is 36.6 Å². The van der Waals surface area contributed by atoms with Gasteiger partial charge in [0.15, 0.2) is 12.1 Å². The van der Waals surface area contributed by atoms with Gasteiger partial charge in [-0.1, -0.05) is 34.6 Å². The van der Waals surface area contributed by atoms with Gasteiger partial charge in [-0.25, -0.2) is 0 Å². The molecule has 8 fully saturated rings. The van der Waals surface area contributed by atoms with Gasteiger partial charge in [-0.2, -0.15) is 0 Å². The molecule has 2 bridgehead atoms. The highest BCUT2D eigenvalue weighted by molar-refractivity contribution is 5.34. The van der Waals surface area contributed by atoms with E-state index in [9.17, 15) is 30.6 Å². The van der Waals surface area contributed by atoms with Gasteiger partial charge >= 0.3 is 0 Å². The van der Waals surface area contributed by atoms with Gasteiger partial charge in [-0.3, -0.25) is 0 Å². The summed E-state index contributed by atoms with van der Waals surface area (Å²) in [4.78, 5) is 0. The molecule has 262 valence electrons. The van der Waals surface area contributed by atoms with Crippen molar-refractivity contribution < 1.29 is 49.6 Å². The highest BCUT2D eigenvalue weighted by Crippen LogP contribution is 2.90. The standard InChI is InChI=1S/C36H58O10/c1-17-14-18-27(31(4,5)42)46-36(45-18)26(17)32(6)12-13-35-16-34(35)11-10-22(44-28-25(40)24(39)23(38)19(15-37)43-28)30(2,3)20(34)8-9-21(35)33(32,7)29(36)41/h17-29,37-42H,8-16H2,1-7H3/t17-,18-,19-,20-,21+,22+,23+,24+,25-,26-,27+,28-,29-,32-,33-,34-,35+,36+/m1/s1. The first-order chi connectivity index (χ1) is 21.4. The van der Waals surface area contributed by atoms with Crippen molar-refractivity contribution in [2.24, 2.45) is 50.7 Å². The molecule has 0 aromatic rings. The maximum atomic E-state index is 12.7. The number of fused-ring (bicyclic) bond motifs is 4. The summed E-state index contributed by atoms with van der Waals surface area (Å²) in [5.74, 6) is -0.0409. The van der Waals surface area contributed by atoms with E-state index in [1.54, 1.807) is 13.8 Å². The van der Waals surface area contributed by atoms with Crippen molar-refractivity contribution >= 4 is 0 Å². The molecule has 18 atom stereocenters. The van der Waals surface area contributed by atoms with Crippen molar-refractivity contribution in [2.45, 2.75) is 166 Å². The Hall–Kier alpha value is -0.400. The van der Waals surface area contributed by atoms with E-state index < -0.39 is 66.3 Å². The van der Waals surface area contributed by atoms with Gasteiger partial charge in [0.05, 0.1) is 24.4 Å². The molecule has 0 aromatic heterocycles. The highest BCUT2D eigenvalue weighted by Gasteiger charge is 2.88. The predicted octanol–water partition coefficient (Wildman–Crippen LogP) is 2.48. The van der Waals surface area contributed by atoms with Gasteiger partial charge in [-0.15, -0.1) is 0 Å². The Labute approximate surface area is 273 Å². The Kier molecular flexibility index (Phi) is 6.90. The van der Waals surface area contributed by atoms with Crippen molar-refractivity contribution in [1.29, 1.82) is 0 Å². The van der Waals surface area contributed by atoms with Gasteiger partial charge < -0.3 is 49.6 Å². The van der Waals surface area contributed by atoms with Crippen LogP contribution in [0.5, 0.6) is 0 Å². The van der Waals surface area contributed by atoms with Crippen LogP contribution in [0.4, 0.5) is 0 Å². The molecule has 5 aliphatic carbocycles. The monoisotopic (exact) mass is 650 g/mol. The number of aliphatic hydroxyl groups is 6. The fourth-order valence-electron chi connectivity index (χ4n) is 14.2. The fraction of sp³-hybridized carbons (Fsp3) is 1.00. The van der Waals surface area contributed by atoms with E-state index >= 15 is 0 Å². The third-order valence-corrected chi connectivity index (χ3v) is 16.3. The van der Waals surface area contributed by atoms with Crippen molar-refractivity contribution in [3.05, 3.63) is 0 Å². The minimum atomic E-state index is -1.46. The average Bonchev–Trinajstić information content (AvgIpc) is 3.50. The summed E-state index contributed by atoms with van der Waals surface area (Å²) in [6.45, 7) is 14.7. The Bertz CT molecular complexity index is 1250. The van der Waals surface area contributed by atoms with Gasteiger partial charge in [0.2, 0.25) is 0 Å². The summed E-state index contributed by atoms with van der Waals surface area (Å²) < 4.78 is 25.9. The van der Waals surface area contributed by atoms with E-state index in [1.165, 1.54) is 0 Å². The van der Waals surface area contributed by atoms with E-state index in [0.29, 0.717) is 17.8 Å². The molecule has 3 aliphatic heterocycles. The van der Waals surface area contributed by atoms with E-state index in [0.717, 1.165) is 51.4 Å². The molecule has 46 heavy (non-hydrogen) atoms. The highest BCUT2D eigenvalue weighted by atomic mass is 16.8. The molecule has 0 radical (unpaired) electrons. The minimum absolute atomic E-state index is 0.0486. The number of rotatable bonds is 4. The summed E-state index contributed by atoms with van der Waals surface area (Å²) >= 11 is 0. The summed E-state index contributed by atoms with van der Waals surface area (Å²) in [6.07, 6.45) is -0.227. The van der Waals surface area contributed by atoms with Crippen molar-refractivity contribution in [3.8, 4) is 0 Å². The SMILES string of the molecule is C[C@@H]1C[C@H]2O[C@@]3(O[C@@H]2C(C)(C)O)[C@H](O)[C@@]2(C)[C@@H]4CC[C@@H]5C(C)(C)[C@@H](O[C@H]6O[C@H](CO)[C@H](O)[C@H](O)[C@H]6O)CC[C@@]56C[C@@]46CC[C@]2(C)[C@@H]13. The average molecular weight is 651 g/mol. The fourth-order valence-corrected chi connectivity index (χ4v) is 14.2. The van der Waals surface area contributed by atoms with Crippen LogP contribution in [0.25, 0.3) is 0 Å². The van der Waals surface area contributed by atoms with E-state index in [4.69, 9.17) is 18.9 Å². The second-order valence-electron chi connectivity index (χ2n) is 18.7. The number of aliphatic hydroxyl groups excluding tert-OH is 5. The first kappa shape index (κ1) is 32.8. The molecule has 3 saturated heterocycles. The summed E-state index contributed by atoms with van der Waals surface area (Å²) in [6, 6.07) is 0. The Morgan fingerprint density at radius 1 is 0.848 bits per heavy atom. The Morgan fingerprint density at radius 3 is 2.20 bits per heavy atom. The number of hydrogen-bond donors (Lipinski definition) is 6. The molecule has 0 amide bonds. The summed E-state index contributed by atoms with van der Waals surface area (Å²) in [5, 5.41) is 64.9. The predicted molar refractivity (Wildman–Crippen MR) is 165 cm³/mol. The molecular weight excluding hydrogens is 592 g/mol.